The Hall–Kier alpha value is -2.11. The van der Waals surface area contributed by atoms with E-state index in [4.69, 9.17) is 10.3 Å². The minimum atomic E-state index is 0.523. The van der Waals surface area contributed by atoms with Gasteiger partial charge in [-0.1, -0.05) is 12.1 Å². The van der Waals surface area contributed by atoms with Crippen LogP contribution >= 0.6 is 0 Å². The van der Waals surface area contributed by atoms with Crippen LogP contribution in [0.1, 0.15) is 36.2 Å². The standard InChI is InChI=1S/C13H19N5O/c1-4-5-11-16-12(14)9(3)13(17-11)15-7-10-6-8(2)18-19-10/h6H,4-5,7H2,1-3H3,(H3,14,15,16,17). The largest absolute Gasteiger partial charge is 0.383 e. The zero-order chi connectivity index (χ0) is 13.8. The monoisotopic (exact) mass is 261 g/mol. The smallest absolute Gasteiger partial charge is 0.156 e. The number of hydrogen-bond donors (Lipinski definition) is 2. The summed E-state index contributed by atoms with van der Waals surface area (Å²) in [5.41, 5.74) is 7.62. The lowest BCUT2D eigenvalue weighted by Gasteiger charge is -2.10. The lowest BCUT2D eigenvalue weighted by molar-refractivity contribution is 0.384. The topological polar surface area (TPSA) is 89.9 Å². The zero-order valence-electron chi connectivity index (χ0n) is 11.5. The van der Waals surface area contributed by atoms with Crippen LogP contribution in [0.15, 0.2) is 10.6 Å². The molecule has 3 N–H and O–H groups in total. The maximum absolute atomic E-state index is 5.90. The van der Waals surface area contributed by atoms with Crippen LogP contribution in [0, 0.1) is 13.8 Å². The number of anilines is 2. The molecule has 0 radical (unpaired) electrons. The second-order valence-corrected chi connectivity index (χ2v) is 4.54. The highest BCUT2D eigenvalue weighted by Gasteiger charge is 2.09. The van der Waals surface area contributed by atoms with Crippen molar-refractivity contribution in [1.29, 1.82) is 0 Å². The minimum Gasteiger partial charge on any atom is -0.383 e. The normalized spacial score (nSPS) is 10.7. The maximum Gasteiger partial charge on any atom is 0.156 e. The fraction of sp³-hybridized carbons (Fsp3) is 0.462. The molecule has 0 aliphatic carbocycles. The minimum absolute atomic E-state index is 0.523. The molecule has 2 heterocycles. The van der Waals surface area contributed by atoms with Gasteiger partial charge in [-0.25, -0.2) is 9.97 Å². The predicted molar refractivity (Wildman–Crippen MR) is 73.7 cm³/mol. The molecule has 0 saturated heterocycles. The Bertz CT molecular complexity index is 564. The molecule has 0 aromatic carbocycles. The summed E-state index contributed by atoms with van der Waals surface area (Å²) < 4.78 is 5.15. The van der Waals surface area contributed by atoms with E-state index in [2.05, 4.69) is 27.4 Å². The van der Waals surface area contributed by atoms with Gasteiger partial charge in [0.1, 0.15) is 17.5 Å². The van der Waals surface area contributed by atoms with Crippen molar-refractivity contribution in [3.8, 4) is 0 Å². The van der Waals surface area contributed by atoms with Crippen LogP contribution in [-0.2, 0) is 13.0 Å². The van der Waals surface area contributed by atoms with Gasteiger partial charge < -0.3 is 15.6 Å². The fourth-order valence-electron chi connectivity index (χ4n) is 1.76. The van der Waals surface area contributed by atoms with Crippen molar-refractivity contribution in [2.45, 2.75) is 40.2 Å². The molecule has 0 saturated carbocycles. The molecule has 0 atom stereocenters. The van der Waals surface area contributed by atoms with Crippen LogP contribution in [-0.4, -0.2) is 15.1 Å². The summed E-state index contributed by atoms with van der Waals surface area (Å²) in [4.78, 5) is 8.75. The molecule has 0 aliphatic rings. The van der Waals surface area contributed by atoms with Crippen molar-refractivity contribution in [2.24, 2.45) is 0 Å². The van der Waals surface area contributed by atoms with E-state index in [9.17, 15) is 0 Å². The molecular weight excluding hydrogens is 242 g/mol. The zero-order valence-corrected chi connectivity index (χ0v) is 11.5. The Balaban J connectivity index is 2.14. The summed E-state index contributed by atoms with van der Waals surface area (Å²) in [5, 5.41) is 7.06. The van der Waals surface area contributed by atoms with E-state index in [0.29, 0.717) is 12.4 Å². The lowest BCUT2D eigenvalue weighted by Crippen LogP contribution is -2.09. The molecule has 0 spiro atoms. The summed E-state index contributed by atoms with van der Waals surface area (Å²) in [6.45, 7) is 6.41. The number of nitrogens with one attached hydrogen (secondary N) is 1. The summed E-state index contributed by atoms with van der Waals surface area (Å²) >= 11 is 0. The Morgan fingerprint density at radius 1 is 1.32 bits per heavy atom. The highest BCUT2D eigenvalue weighted by Crippen LogP contribution is 2.18. The molecule has 0 aliphatic heterocycles. The Morgan fingerprint density at radius 2 is 2.11 bits per heavy atom. The molecule has 0 fully saturated rings. The van der Waals surface area contributed by atoms with Gasteiger partial charge in [-0.15, -0.1) is 0 Å². The van der Waals surface area contributed by atoms with E-state index in [-0.39, 0.29) is 0 Å². The van der Waals surface area contributed by atoms with Crippen LogP contribution in [0.3, 0.4) is 0 Å². The number of nitrogens with two attached hydrogens (primary N) is 1. The van der Waals surface area contributed by atoms with Gasteiger partial charge in [0, 0.05) is 18.1 Å². The lowest BCUT2D eigenvalue weighted by atomic mass is 10.2. The Kier molecular flexibility index (Phi) is 3.99. The van der Waals surface area contributed by atoms with Crippen molar-refractivity contribution < 1.29 is 4.52 Å². The summed E-state index contributed by atoms with van der Waals surface area (Å²) in [6, 6.07) is 1.89. The highest BCUT2D eigenvalue weighted by atomic mass is 16.5. The number of hydrogen-bond acceptors (Lipinski definition) is 6. The highest BCUT2D eigenvalue weighted by molar-refractivity contribution is 5.54. The molecule has 2 rings (SSSR count). The quantitative estimate of drug-likeness (QED) is 0.857. The molecule has 0 amide bonds. The molecule has 0 unspecified atom stereocenters. The second-order valence-electron chi connectivity index (χ2n) is 4.54. The van der Waals surface area contributed by atoms with Crippen LogP contribution in [0.25, 0.3) is 0 Å². The molecule has 6 heteroatoms. The number of nitrogens with zero attached hydrogens (tertiary/aromatic N) is 3. The van der Waals surface area contributed by atoms with Gasteiger partial charge in [-0.3, -0.25) is 0 Å². The Morgan fingerprint density at radius 3 is 2.74 bits per heavy atom. The Labute approximate surface area is 112 Å². The van der Waals surface area contributed by atoms with Crippen molar-refractivity contribution in [2.75, 3.05) is 11.1 Å². The number of aromatic nitrogens is 3. The van der Waals surface area contributed by atoms with Crippen molar-refractivity contribution in [3.05, 3.63) is 28.9 Å². The van der Waals surface area contributed by atoms with E-state index in [1.165, 1.54) is 0 Å². The molecule has 2 aromatic heterocycles. The van der Waals surface area contributed by atoms with Crippen molar-refractivity contribution in [3.63, 3.8) is 0 Å². The van der Waals surface area contributed by atoms with Gasteiger partial charge in [0.05, 0.1) is 12.2 Å². The van der Waals surface area contributed by atoms with Crippen LogP contribution in [0.5, 0.6) is 0 Å². The summed E-state index contributed by atoms with van der Waals surface area (Å²) in [7, 11) is 0. The van der Waals surface area contributed by atoms with E-state index in [1.54, 1.807) is 0 Å². The number of aryl methyl sites for hydroxylation is 2. The third kappa shape index (κ3) is 3.21. The van der Waals surface area contributed by atoms with Gasteiger partial charge in [0.15, 0.2) is 5.76 Å². The maximum atomic E-state index is 5.90. The van der Waals surface area contributed by atoms with Gasteiger partial charge in [-0.05, 0) is 20.3 Å². The second kappa shape index (κ2) is 5.69. The molecule has 0 bridgehead atoms. The van der Waals surface area contributed by atoms with Crippen LogP contribution in [0.4, 0.5) is 11.6 Å². The van der Waals surface area contributed by atoms with Crippen molar-refractivity contribution in [1.82, 2.24) is 15.1 Å². The van der Waals surface area contributed by atoms with Crippen LogP contribution in [0.2, 0.25) is 0 Å². The number of rotatable bonds is 5. The molecule has 6 nitrogen and oxygen atoms in total. The fourth-order valence-corrected chi connectivity index (χ4v) is 1.76. The average Bonchev–Trinajstić information content (AvgIpc) is 2.78. The first-order chi connectivity index (χ1) is 9.10. The summed E-state index contributed by atoms with van der Waals surface area (Å²) in [6.07, 6.45) is 1.81. The average molecular weight is 261 g/mol. The molecular formula is C13H19N5O. The molecule has 2 aromatic rings. The van der Waals surface area contributed by atoms with Gasteiger partial charge in [0.25, 0.3) is 0 Å². The van der Waals surface area contributed by atoms with Crippen LogP contribution < -0.4 is 11.1 Å². The third-order valence-corrected chi connectivity index (χ3v) is 2.81. The van der Waals surface area contributed by atoms with E-state index in [0.717, 1.165) is 41.5 Å². The first kappa shape index (κ1) is 13.3. The van der Waals surface area contributed by atoms with E-state index < -0.39 is 0 Å². The third-order valence-electron chi connectivity index (χ3n) is 2.81. The molecule has 102 valence electrons. The first-order valence-corrected chi connectivity index (χ1v) is 6.39. The van der Waals surface area contributed by atoms with E-state index in [1.807, 2.05) is 19.9 Å². The van der Waals surface area contributed by atoms with Gasteiger partial charge in [-0.2, -0.15) is 0 Å². The van der Waals surface area contributed by atoms with Gasteiger partial charge in [0.2, 0.25) is 0 Å². The van der Waals surface area contributed by atoms with Gasteiger partial charge >= 0.3 is 0 Å². The SMILES string of the molecule is CCCc1nc(N)c(C)c(NCc2cc(C)no2)n1. The summed E-state index contributed by atoms with van der Waals surface area (Å²) in [5.74, 6) is 2.81. The van der Waals surface area contributed by atoms with Crippen molar-refractivity contribution >= 4 is 11.6 Å². The van der Waals surface area contributed by atoms with E-state index >= 15 is 0 Å². The first-order valence-electron chi connectivity index (χ1n) is 6.39. The molecule has 19 heavy (non-hydrogen) atoms. The number of nitrogen functional groups attached to an aromatic ring is 1. The predicted octanol–water partition coefficient (Wildman–Crippen LogP) is 2.23.